The Labute approximate surface area is 114 Å². The zero-order chi connectivity index (χ0) is 14.3. The summed E-state index contributed by atoms with van der Waals surface area (Å²) in [4.78, 5) is 12.1. The number of aromatic hydroxyl groups is 2. The highest BCUT2D eigenvalue weighted by Crippen LogP contribution is 2.29. The van der Waals surface area contributed by atoms with Gasteiger partial charge in [0.05, 0.1) is 5.56 Å². The summed E-state index contributed by atoms with van der Waals surface area (Å²) in [6, 6.07) is 11.0. The lowest BCUT2D eigenvalue weighted by Crippen LogP contribution is -2.05. The number of aryl methyl sites for hydroxylation is 1. The first kappa shape index (κ1) is 12.3. The minimum Gasteiger partial charge on any atom is -0.508 e. The van der Waals surface area contributed by atoms with Crippen molar-refractivity contribution in [2.45, 2.75) is 6.92 Å². The molecule has 3 rings (SSSR count). The van der Waals surface area contributed by atoms with Gasteiger partial charge in [-0.2, -0.15) is 0 Å². The van der Waals surface area contributed by atoms with E-state index in [-0.39, 0.29) is 11.5 Å². The molecule has 1 aromatic heterocycles. The second-order valence-electron chi connectivity index (χ2n) is 4.62. The Balaban J connectivity index is 2.39. The van der Waals surface area contributed by atoms with E-state index in [9.17, 15) is 15.0 Å². The maximum Gasteiger partial charge on any atom is 0.344 e. The number of phenolic OH excluding ortho intramolecular Hbond substituents is 2. The van der Waals surface area contributed by atoms with Crippen molar-refractivity contribution in [3.63, 3.8) is 0 Å². The molecule has 0 atom stereocenters. The fraction of sp³-hybridized carbons (Fsp3) is 0.0625. The van der Waals surface area contributed by atoms with Crippen molar-refractivity contribution in [1.82, 2.24) is 0 Å². The molecule has 0 aliphatic rings. The van der Waals surface area contributed by atoms with Crippen LogP contribution in [0.5, 0.6) is 11.5 Å². The van der Waals surface area contributed by atoms with Gasteiger partial charge >= 0.3 is 5.63 Å². The molecule has 0 bridgehead atoms. The molecule has 4 nitrogen and oxygen atoms in total. The summed E-state index contributed by atoms with van der Waals surface area (Å²) in [5.74, 6) is 0.189. The van der Waals surface area contributed by atoms with Gasteiger partial charge < -0.3 is 14.6 Å². The molecule has 2 N–H and O–H groups in total. The number of hydrogen-bond acceptors (Lipinski definition) is 4. The van der Waals surface area contributed by atoms with Crippen molar-refractivity contribution in [3.05, 3.63) is 58.4 Å². The van der Waals surface area contributed by atoms with Crippen molar-refractivity contribution in [1.29, 1.82) is 0 Å². The Morgan fingerprint density at radius 2 is 1.75 bits per heavy atom. The molecule has 0 saturated heterocycles. The summed E-state index contributed by atoms with van der Waals surface area (Å²) >= 11 is 0. The van der Waals surface area contributed by atoms with Crippen LogP contribution in [-0.4, -0.2) is 10.2 Å². The lowest BCUT2D eigenvalue weighted by atomic mass is 9.99. The largest absolute Gasteiger partial charge is 0.508 e. The molecule has 100 valence electrons. The molecule has 0 spiro atoms. The Kier molecular flexibility index (Phi) is 2.71. The monoisotopic (exact) mass is 268 g/mol. The predicted molar refractivity (Wildman–Crippen MR) is 76.0 cm³/mol. The van der Waals surface area contributed by atoms with Crippen LogP contribution in [-0.2, 0) is 0 Å². The van der Waals surface area contributed by atoms with Crippen LogP contribution < -0.4 is 5.63 Å². The van der Waals surface area contributed by atoms with Crippen LogP contribution in [0.1, 0.15) is 5.56 Å². The van der Waals surface area contributed by atoms with Crippen LogP contribution in [0.15, 0.2) is 51.7 Å². The van der Waals surface area contributed by atoms with E-state index >= 15 is 0 Å². The van der Waals surface area contributed by atoms with E-state index in [0.717, 1.165) is 0 Å². The zero-order valence-electron chi connectivity index (χ0n) is 10.8. The van der Waals surface area contributed by atoms with Gasteiger partial charge in [0.2, 0.25) is 0 Å². The third-order valence-electron chi connectivity index (χ3n) is 3.28. The van der Waals surface area contributed by atoms with Crippen LogP contribution in [0.2, 0.25) is 0 Å². The summed E-state index contributed by atoms with van der Waals surface area (Å²) in [7, 11) is 0. The normalized spacial score (nSPS) is 10.8. The van der Waals surface area contributed by atoms with Crippen LogP contribution in [0.3, 0.4) is 0 Å². The molecule has 0 fully saturated rings. The second kappa shape index (κ2) is 4.42. The van der Waals surface area contributed by atoms with Crippen molar-refractivity contribution in [2.24, 2.45) is 0 Å². The van der Waals surface area contributed by atoms with Gasteiger partial charge in [0, 0.05) is 5.39 Å². The number of hydrogen-bond donors (Lipinski definition) is 2. The van der Waals surface area contributed by atoms with Gasteiger partial charge in [-0.1, -0.05) is 12.1 Å². The van der Waals surface area contributed by atoms with Gasteiger partial charge in [0.1, 0.15) is 17.1 Å². The highest BCUT2D eigenvalue weighted by atomic mass is 16.4. The van der Waals surface area contributed by atoms with Crippen LogP contribution >= 0.6 is 0 Å². The number of rotatable bonds is 1. The zero-order valence-corrected chi connectivity index (χ0v) is 10.8. The van der Waals surface area contributed by atoms with Gasteiger partial charge in [-0.05, 0) is 48.4 Å². The highest BCUT2D eigenvalue weighted by Gasteiger charge is 2.14. The summed E-state index contributed by atoms with van der Waals surface area (Å²) < 4.78 is 5.27. The molecule has 4 heteroatoms. The highest BCUT2D eigenvalue weighted by molar-refractivity contribution is 5.87. The molecule has 2 aromatic carbocycles. The maximum atomic E-state index is 12.1. The summed E-state index contributed by atoms with van der Waals surface area (Å²) in [6.45, 7) is 1.79. The van der Waals surface area contributed by atoms with E-state index in [0.29, 0.717) is 27.7 Å². The Bertz CT molecular complexity index is 862. The standard InChI is InChI=1S/C16H12O4/c1-9-13-8-12(18)5-6-14(13)20-16(19)15(9)10-3-2-4-11(17)7-10/h2-8,17-18H,1H3. The average Bonchev–Trinajstić information content (AvgIpc) is 2.40. The molecule has 20 heavy (non-hydrogen) atoms. The molecule has 1 heterocycles. The van der Waals surface area contributed by atoms with Gasteiger partial charge in [0.25, 0.3) is 0 Å². The molecular formula is C16H12O4. The van der Waals surface area contributed by atoms with E-state index in [1.807, 2.05) is 0 Å². The lowest BCUT2D eigenvalue weighted by molar-refractivity contribution is 0.474. The Morgan fingerprint density at radius 3 is 2.50 bits per heavy atom. The summed E-state index contributed by atoms with van der Waals surface area (Å²) in [5, 5.41) is 19.8. The topological polar surface area (TPSA) is 70.7 Å². The van der Waals surface area contributed by atoms with E-state index in [1.165, 1.54) is 18.2 Å². The molecule has 0 amide bonds. The van der Waals surface area contributed by atoms with Crippen molar-refractivity contribution in [2.75, 3.05) is 0 Å². The SMILES string of the molecule is Cc1c(-c2cccc(O)c2)c(=O)oc2ccc(O)cc12. The fourth-order valence-corrected chi connectivity index (χ4v) is 2.33. The number of benzene rings is 2. The maximum absolute atomic E-state index is 12.1. The molecular weight excluding hydrogens is 256 g/mol. The van der Waals surface area contributed by atoms with E-state index in [4.69, 9.17) is 4.42 Å². The molecule has 0 unspecified atom stereocenters. The van der Waals surface area contributed by atoms with E-state index in [1.54, 1.807) is 31.2 Å². The van der Waals surface area contributed by atoms with E-state index < -0.39 is 5.63 Å². The average molecular weight is 268 g/mol. The molecule has 0 aliphatic heterocycles. The van der Waals surface area contributed by atoms with Gasteiger partial charge in [0.15, 0.2) is 0 Å². The minimum atomic E-state index is -0.466. The smallest absolute Gasteiger partial charge is 0.344 e. The predicted octanol–water partition coefficient (Wildman–Crippen LogP) is 3.18. The number of fused-ring (bicyclic) bond motifs is 1. The third kappa shape index (κ3) is 1.91. The Morgan fingerprint density at radius 1 is 1.00 bits per heavy atom. The minimum absolute atomic E-state index is 0.0808. The lowest BCUT2D eigenvalue weighted by Gasteiger charge is -2.08. The first-order chi connectivity index (χ1) is 9.56. The van der Waals surface area contributed by atoms with Crippen molar-refractivity contribution in [3.8, 4) is 22.6 Å². The summed E-state index contributed by atoms with van der Waals surface area (Å²) in [5.41, 5.74) is 1.64. The van der Waals surface area contributed by atoms with Crippen LogP contribution in [0.4, 0.5) is 0 Å². The van der Waals surface area contributed by atoms with Crippen LogP contribution in [0, 0.1) is 6.92 Å². The summed E-state index contributed by atoms with van der Waals surface area (Å²) in [6.07, 6.45) is 0. The van der Waals surface area contributed by atoms with Gasteiger partial charge in [-0.3, -0.25) is 0 Å². The van der Waals surface area contributed by atoms with Crippen LogP contribution in [0.25, 0.3) is 22.1 Å². The second-order valence-corrected chi connectivity index (χ2v) is 4.62. The number of phenols is 2. The first-order valence-electron chi connectivity index (χ1n) is 6.12. The fourth-order valence-electron chi connectivity index (χ4n) is 2.33. The van der Waals surface area contributed by atoms with Crippen molar-refractivity contribution < 1.29 is 14.6 Å². The Hall–Kier alpha value is -2.75. The van der Waals surface area contributed by atoms with Crippen molar-refractivity contribution >= 4 is 11.0 Å². The molecule has 0 radical (unpaired) electrons. The molecule has 0 saturated carbocycles. The molecule has 0 aliphatic carbocycles. The third-order valence-corrected chi connectivity index (χ3v) is 3.28. The first-order valence-corrected chi connectivity index (χ1v) is 6.12. The quantitative estimate of drug-likeness (QED) is 0.665. The molecule has 3 aromatic rings. The van der Waals surface area contributed by atoms with Gasteiger partial charge in [-0.15, -0.1) is 0 Å². The van der Waals surface area contributed by atoms with E-state index in [2.05, 4.69) is 0 Å². The van der Waals surface area contributed by atoms with Gasteiger partial charge in [-0.25, -0.2) is 4.79 Å².